The van der Waals surface area contributed by atoms with Gasteiger partial charge >= 0.3 is 0 Å². The summed E-state index contributed by atoms with van der Waals surface area (Å²) >= 11 is 0. The smallest absolute Gasteiger partial charge is 0.179 e. The maximum atomic E-state index is 2.57. The van der Waals surface area contributed by atoms with Crippen LogP contribution in [0.3, 0.4) is 0 Å². The predicted molar refractivity (Wildman–Crippen MR) is 299 cm³/mol. The first kappa shape index (κ1) is 40.3. The van der Waals surface area contributed by atoms with E-state index in [4.69, 9.17) is 0 Å². The molecule has 0 spiro atoms. The maximum absolute atomic E-state index is 3.09. The van der Waals surface area contributed by atoms with Gasteiger partial charge in [0.15, 0.2) is 8.07 Å². The molecule has 0 radical (unpaired) electrons. The number of para-hydroxylation sites is 2. The molecule has 0 N–H and O–H groups in total. The van der Waals surface area contributed by atoms with Crippen LogP contribution < -0.4 is 20.7 Å². The first-order valence-corrected chi connectivity index (χ1v) is 26.3. The van der Waals surface area contributed by atoms with Crippen molar-refractivity contribution < 1.29 is 0 Å². The van der Waals surface area contributed by atoms with E-state index in [0.717, 1.165) is 11.4 Å². The number of hydrogen-bond donors (Lipinski definition) is 0. The van der Waals surface area contributed by atoms with Gasteiger partial charge in [0.05, 0.1) is 22.1 Å². The van der Waals surface area contributed by atoms with Gasteiger partial charge in [0.2, 0.25) is 0 Å². The Bertz CT molecular complexity index is 4150. The number of aromatic nitrogens is 2. The molecule has 0 bridgehead atoms. The molecule has 70 heavy (non-hydrogen) atoms. The average Bonchev–Trinajstić information content (AvgIpc) is 3.93. The first-order chi connectivity index (χ1) is 34.6. The molecule has 0 saturated heterocycles. The van der Waals surface area contributed by atoms with E-state index in [2.05, 4.69) is 277 Å². The summed E-state index contributed by atoms with van der Waals surface area (Å²) in [5, 5.41) is 10.4. The Hall–Kier alpha value is -8.76. The highest BCUT2D eigenvalue weighted by Gasteiger charge is 2.42. The van der Waals surface area contributed by atoms with Crippen LogP contribution in [0.2, 0.25) is 0 Å². The molecule has 14 rings (SSSR count). The van der Waals surface area contributed by atoms with E-state index in [1.807, 2.05) is 0 Å². The molecule has 2 nitrogen and oxygen atoms in total. The van der Waals surface area contributed by atoms with Gasteiger partial charge in [0.1, 0.15) is 0 Å². The quantitative estimate of drug-likeness (QED) is 0.116. The molecule has 13 aromatic rings. The summed E-state index contributed by atoms with van der Waals surface area (Å²) in [5.74, 6) is 0. The van der Waals surface area contributed by atoms with Crippen molar-refractivity contribution in [3.63, 3.8) is 0 Å². The molecule has 1 aliphatic rings. The second-order valence-electron chi connectivity index (χ2n) is 18.9. The van der Waals surface area contributed by atoms with Crippen LogP contribution in [0.1, 0.15) is 5.56 Å². The van der Waals surface area contributed by atoms with Crippen molar-refractivity contribution >= 4 is 72.4 Å². The molecular formula is C67H46N2Si. The van der Waals surface area contributed by atoms with Crippen molar-refractivity contribution in [3.05, 3.63) is 266 Å². The predicted octanol–water partition coefficient (Wildman–Crippen LogP) is 14.5. The van der Waals surface area contributed by atoms with Crippen LogP contribution in [-0.4, -0.2) is 17.2 Å². The molecule has 0 amide bonds. The summed E-state index contributed by atoms with van der Waals surface area (Å²) in [6.07, 6.45) is 0. The topological polar surface area (TPSA) is 9.86 Å². The molecular weight excluding hydrogens is 861 g/mol. The van der Waals surface area contributed by atoms with E-state index in [-0.39, 0.29) is 0 Å². The molecule has 3 heteroatoms. The molecule has 1 aliphatic carbocycles. The zero-order valence-corrected chi connectivity index (χ0v) is 39.7. The van der Waals surface area contributed by atoms with E-state index in [9.17, 15) is 0 Å². The third kappa shape index (κ3) is 5.98. The second kappa shape index (κ2) is 15.9. The lowest BCUT2D eigenvalue weighted by Gasteiger charge is -2.35. The Kier molecular flexibility index (Phi) is 9.17. The minimum atomic E-state index is -3.09. The zero-order valence-electron chi connectivity index (χ0n) is 38.7. The third-order valence-corrected chi connectivity index (χ3v) is 19.8. The van der Waals surface area contributed by atoms with Crippen LogP contribution in [0.15, 0.2) is 261 Å². The fourth-order valence-corrected chi connectivity index (χ4v) is 16.9. The maximum Gasteiger partial charge on any atom is 0.179 e. The fourth-order valence-electron chi connectivity index (χ4n) is 12.1. The van der Waals surface area contributed by atoms with Crippen LogP contribution in [0.5, 0.6) is 0 Å². The largest absolute Gasteiger partial charge is 0.309 e. The summed E-state index contributed by atoms with van der Waals surface area (Å²) in [6.45, 7) is 2.18. The number of nitrogens with zero attached hydrogens (tertiary/aromatic N) is 2. The Morgan fingerprint density at radius 2 is 0.671 bits per heavy atom. The lowest BCUT2D eigenvalue weighted by Crippen LogP contribution is -2.74. The van der Waals surface area contributed by atoms with Gasteiger partial charge in [-0.1, -0.05) is 218 Å². The number of fused-ring (bicyclic) bond motifs is 14. The number of rotatable bonds is 6. The van der Waals surface area contributed by atoms with Crippen molar-refractivity contribution in [3.8, 4) is 55.9 Å². The molecule has 0 fully saturated rings. The fraction of sp³-hybridized carbons (Fsp3) is 0.0149. The van der Waals surface area contributed by atoms with Gasteiger partial charge in [0, 0.05) is 32.9 Å². The summed E-state index contributed by atoms with van der Waals surface area (Å²) in [7, 11) is -3.09. The SMILES string of the molecule is Cc1ccc2c(c1)c1ccccc1n2-c1ccc2c3ccccc3n(-c3cccc([Si](c4ccccc4)(c4ccccc4)c4ccc5c(c4)-c4ccccc4-c4ccccc4-c4ccccc4-5)c3)c2c1. The minimum absolute atomic E-state index is 1.14. The van der Waals surface area contributed by atoms with Gasteiger partial charge < -0.3 is 9.13 Å². The van der Waals surface area contributed by atoms with Crippen molar-refractivity contribution in [1.29, 1.82) is 0 Å². The van der Waals surface area contributed by atoms with E-state index in [0.29, 0.717) is 0 Å². The van der Waals surface area contributed by atoms with Gasteiger partial charge in [-0.3, -0.25) is 0 Å². The van der Waals surface area contributed by atoms with Gasteiger partial charge in [-0.15, -0.1) is 0 Å². The van der Waals surface area contributed by atoms with Crippen molar-refractivity contribution in [2.45, 2.75) is 6.92 Å². The Labute approximate surface area is 408 Å². The van der Waals surface area contributed by atoms with Gasteiger partial charge in [-0.25, -0.2) is 0 Å². The molecule has 2 aromatic heterocycles. The highest BCUT2D eigenvalue weighted by Crippen LogP contribution is 2.47. The van der Waals surface area contributed by atoms with Gasteiger partial charge in [0.25, 0.3) is 0 Å². The van der Waals surface area contributed by atoms with E-state index >= 15 is 0 Å². The van der Waals surface area contributed by atoms with Crippen molar-refractivity contribution in [1.82, 2.24) is 9.13 Å². The molecule has 0 aliphatic heterocycles. The van der Waals surface area contributed by atoms with E-state index in [1.165, 1.54) is 114 Å². The normalized spacial score (nSPS) is 12.1. The molecule has 0 unspecified atom stereocenters. The number of hydrogen-bond acceptors (Lipinski definition) is 0. The first-order valence-electron chi connectivity index (χ1n) is 24.3. The molecule has 11 aromatic carbocycles. The van der Waals surface area contributed by atoms with Gasteiger partial charge in [-0.2, -0.15) is 0 Å². The summed E-state index contributed by atoms with van der Waals surface area (Å²) in [5.41, 5.74) is 18.4. The molecule has 0 atom stereocenters. The number of aryl methyl sites for hydroxylation is 1. The standard InChI is InChI=1S/C67H46N2Si/c1-45-35-40-66-63(41-45)60-32-15-17-34-65(60)68(66)47-36-38-61-59-31-14-16-33-64(59)69(67(61)43-47)46-19-18-24-50(42-46)70(48-20-4-2-5-21-48,49-22-6-3-7-23-49)51-37-39-58-56-29-11-10-27-54(56)52-25-8-9-26-53(52)55-28-12-13-30-57(55)62(58)44-51/h2-44H,1H3. The van der Waals surface area contributed by atoms with Crippen LogP contribution in [0.25, 0.3) is 99.5 Å². The number of benzene rings is 11. The second-order valence-corrected chi connectivity index (χ2v) is 22.7. The minimum Gasteiger partial charge on any atom is -0.309 e. The summed E-state index contributed by atoms with van der Waals surface area (Å²) in [4.78, 5) is 0. The lowest BCUT2D eigenvalue weighted by atomic mass is 9.81. The average molecular weight is 907 g/mol. The monoisotopic (exact) mass is 906 g/mol. The van der Waals surface area contributed by atoms with Crippen molar-refractivity contribution in [2.75, 3.05) is 0 Å². The lowest BCUT2D eigenvalue weighted by molar-refractivity contribution is 1.16. The molecule has 0 saturated carbocycles. The van der Waals surface area contributed by atoms with Gasteiger partial charge in [-0.05, 0) is 121 Å². The summed E-state index contributed by atoms with van der Waals surface area (Å²) in [6, 6.07) is 98.2. The van der Waals surface area contributed by atoms with Crippen LogP contribution >= 0.6 is 0 Å². The Balaban J connectivity index is 1.04. The van der Waals surface area contributed by atoms with Crippen molar-refractivity contribution in [2.24, 2.45) is 0 Å². The highest BCUT2D eigenvalue weighted by atomic mass is 28.3. The Morgan fingerprint density at radius 1 is 0.243 bits per heavy atom. The van der Waals surface area contributed by atoms with Crippen LogP contribution in [0, 0.1) is 6.92 Å². The molecule has 2 heterocycles. The van der Waals surface area contributed by atoms with Crippen LogP contribution in [-0.2, 0) is 0 Å². The van der Waals surface area contributed by atoms with Crippen LogP contribution in [0.4, 0.5) is 0 Å². The Morgan fingerprint density at radius 3 is 1.27 bits per heavy atom. The molecule has 328 valence electrons. The zero-order chi connectivity index (χ0) is 46.3. The summed E-state index contributed by atoms with van der Waals surface area (Å²) < 4.78 is 4.95. The van der Waals surface area contributed by atoms with E-state index < -0.39 is 8.07 Å². The third-order valence-electron chi connectivity index (χ3n) is 15.1. The van der Waals surface area contributed by atoms with E-state index in [1.54, 1.807) is 0 Å². The highest BCUT2D eigenvalue weighted by molar-refractivity contribution is 7.20.